The van der Waals surface area contributed by atoms with E-state index in [-0.39, 0.29) is 6.04 Å². The Morgan fingerprint density at radius 3 is 2.80 bits per heavy atom. The smallest absolute Gasteiger partial charge is 0.339 e. The lowest BCUT2D eigenvalue weighted by Crippen LogP contribution is -2.19. The van der Waals surface area contributed by atoms with E-state index >= 15 is 0 Å². The monoisotopic (exact) mass is 276 g/mol. The van der Waals surface area contributed by atoms with E-state index in [2.05, 4.69) is 10.3 Å². The van der Waals surface area contributed by atoms with Crippen molar-refractivity contribution in [1.29, 1.82) is 0 Å². The van der Waals surface area contributed by atoms with Crippen LogP contribution >= 0.6 is 0 Å². The average Bonchev–Trinajstić information content (AvgIpc) is 2.88. The fourth-order valence-corrected chi connectivity index (χ4v) is 1.99. The number of hydrogen-bond donors (Lipinski definition) is 2. The predicted molar refractivity (Wildman–Crippen MR) is 72.5 cm³/mol. The lowest BCUT2D eigenvalue weighted by molar-refractivity contribution is -0.140. The van der Waals surface area contributed by atoms with Crippen LogP contribution in [0.3, 0.4) is 0 Å². The average molecular weight is 276 g/mol. The molecule has 1 aliphatic rings. The number of hydrogen-bond acceptors (Lipinski definition) is 5. The summed E-state index contributed by atoms with van der Waals surface area (Å²) in [5.41, 5.74) is 0.391. The number of nitrogens with zero attached hydrogens (tertiary/aromatic N) is 1. The maximum Gasteiger partial charge on any atom is 0.339 e. The number of aromatic nitrogens is 1. The van der Waals surface area contributed by atoms with Crippen molar-refractivity contribution in [2.75, 3.05) is 11.9 Å². The molecule has 0 bridgehead atoms. The molecular weight excluding hydrogens is 260 g/mol. The van der Waals surface area contributed by atoms with Crippen LogP contribution in [0.1, 0.15) is 23.7 Å². The number of nitrogens with one attached hydrogen (secondary N) is 1. The van der Waals surface area contributed by atoms with Crippen molar-refractivity contribution in [3.05, 3.63) is 36.0 Å². The molecule has 2 rings (SSSR count). The van der Waals surface area contributed by atoms with Crippen LogP contribution in [0.25, 0.3) is 0 Å². The SMILES string of the molecule is CCOC(=O)c1ccc(NC2C=CC(C(=O)O)C2)nc1. The van der Waals surface area contributed by atoms with Gasteiger partial charge in [0.15, 0.2) is 0 Å². The van der Waals surface area contributed by atoms with E-state index in [1.165, 1.54) is 6.20 Å². The summed E-state index contributed by atoms with van der Waals surface area (Å²) in [6.45, 7) is 2.06. The first-order valence-corrected chi connectivity index (χ1v) is 6.41. The van der Waals surface area contributed by atoms with Crippen LogP contribution in [0.4, 0.5) is 5.82 Å². The standard InChI is InChI=1S/C14H16N2O4/c1-2-20-14(19)10-4-6-12(15-8-10)16-11-5-3-9(7-11)13(17)18/h3-6,8-9,11H,2,7H2,1H3,(H,15,16)(H,17,18). The molecule has 2 unspecified atom stereocenters. The summed E-state index contributed by atoms with van der Waals surface area (Å²) in [4.78, 5) is 26.4. The molecule has 0 radical (unpaired) electrons. The Morgan fingerprint density at radius 2 is 2.25 bits per heavy atom. The summed E-state index contributed by atoms with van der Waals surface area (Å²) in [5, 5.41) is 12.0. The van der Waals surface area contributed by atoms with Crippen LogP contribution in [-0.4, -0.2) is 34.7 Å². The number of carbonyl (C=O) groups is 2. The van der Waals surface area contributed by atoms with Crippen LogP contribution in [-0.2, 0) is 9.53 Å². The van der Waals surface area contributed by atoms with Gasteiger partial charge in [-0.2, -0.15) is 0 Å². The number of aliphatic carboxylic acids is 1. The molecule has 0 saturated heterocycles. The Bertz CT molecular complexity index is 524. The highest BCUT2D eigenvalue weighted by atomic mass is 16.5. The first-order chi connectivity index (χ1) is 9.60. The second-order valence-corrected chi connectivity index (χ2v) is 4.47. The van der Waals surface area contributed by atoms with Crippen LogP contribution in [0.5, 0.6) is 0 Å². The van der Waals surface area contributed by atoms with Crippen molar-refractivity contribution >= 4 is 17.8 Å². The van der Waals surface area contributed by atoms with E-state index in [4.69, 9.17) is 9.84 Å². The third-order valence-electron chi connectivity index (χ3n) is 3.01. The van der Waals surface area contributed by atoms with Crippen molar-refractivity contribution < 1.29 is 19.4 Å². The van der Waals surface area contributed by atoms with E-state index < -0.39 is 17.9 Å². The summed E-state index contributed by atoms with van der Waals surface area (Å²) < 4.78 is 4.87. The molecule has 0 aliphatic heterocycles. The third kappa shape index (κ3) is 3.34. The first kappa shape index (κ1) is 14.0. The van der Waals surface area contributed by atoms with Gasteiger partial charge in [0.05, 0.1) is 18.1 Å². The number of carboxylic acids is 1. The minimum atomic E-state index is -0.823. The minimum absolute atomic E-state index is 0.0583. The van der Waals surface area contributed by atoms with E-state index in [9.17, 15) is 9.59 Å². The van der Waals surface area contributed by atoms with E-state index in [1.807, 2.05) is 6.08 Å². The molecule has 106 valence electrons. The van der Waals surface area contributed by atoms with Gasteiger partial charge >= 0.3 is 11.9 Å². The Morgan fingerprint density at radius 1 is 1.45 bits per heavy atom. The number of anilines is 1. The van der Waals surface area contributed by atoms with Crippen molar-refractivity contribution in [1.82, 2.24) is 4.98 Å². The fraction of sp³-hybridized carbons (Fsp3) is 0.357. The molecule has 2 atom stereocenters. The van der Waals surface area contributed by atoms with Gasteiger partial charge in [-0.3, -0.25) is 4.79 Å². The van der Waals surface area contributed by atoms with E-state index in [1.54, 1.807) is 25.1 Å². The van der Waals surface area contributed by atoms with Gasteiger partial charge < -0.3 is 15.2 Å². The maximum absolute atomic E-state index is 11.5. The number of esters is 1. The van der Waals surface area contributed by atoms with Gasteiger partial charge in [0.2, 0.25) is 0 Å². The zero-order valence-corrected chi connectivity index (χ0v) is 11.1. The third-order valence-corrected chi connectivity index (χ3v) is 3.01. The van der Waals surface area contributed by atoms with E-state index in [0.29, 0.717) is 24.4 Å². The molecular formula is C14H16N2O4. The highest BCUT2D eigenvalue weighted by Gasteiger charge is 2.24. The molecule has 20 heavy (non-hydrogen) atoms. The minimum Gasteiger partial charge on any atom is -0.481 e. The number of carboxylic acid groups (broad SMARTS) is 1. The van der Waals surface area contributed by atoms with Gasteiger partial charge in [0.25, 0.3) is 0 Å². The van der Waals surface area contributed by atoms with Crippen molar-refractivity contribution in [3.8, 4) is 0 Å². The topological polar surface area (TPSA) is 88.5 Å². The molecule has 1 heterocycles. The zero-order valence-electron chi connectivity index (χ0n) is 11.1. The van der Waals surface area contributed by atoms with Crippen molar-refractivity contribution in [3.63, 3.8) is 0 Å². The molecule has 1 aromatic heterocycles. The Hall–Kier alpha value is -2.37. The van der Waals surface area contributed by atoms with Gasteiger partial charge in [-0.05, 0) is 25.5 Å². The predicted octanol–water partition coefficient (Wildman–Crippen LogP) is 1.70. The molecule has 2 N–H and O–H groups in total. The quantitative estimate of drug-likeness (QED) is 0.628. The van der Waals surface area contributed by atoms with Gasteiger partial charge in [0.1, 0.15) is 5.82 Å². The van der Waals surface area contributed by atoms with Crippen molar-refractivity contribution in [2.24, 2.45) is 5.92 Å². The normalized spacial score (nSPS) is 20.6. The lowest BCUT2D eigenvalue weighted by atomic mass is 10.1. The summed E-state index contributed by atoms with van der Waals surface area (Å²) >= 11 is 0. The van der Waals surface area contributed by atoms with Gasteiger partial charge in [0, 0.05) is 12.2 Å². The molecule has 0 amide bonds. The summed E-state index contributed by atoms with van der Waals surface area (Å²) in [5.74, 6) is -1.08. The van der Waals surface area contributed by atoms with Crippen molar-refractivity contribution in [2.45, 2.75) is 19.4 Å². The highest BCUT2D eigenvalue weighted by Crippen LogP contribution is 2.21. The van der Waals surface area contributed by atoms with Crippen LogP contribution in [0, 0.1) is 5.92 Å². The lowest BCUT2D eigenvalue weighted by Gasteiger charge is -2.12. The first-order valence-electron chi connectivity index (χ1n) is 6.41. The fourth-order valence-electron chi connectivity index (χ4n) is 1.99. The second-order valence-electron chi connectivity index (χ2n) is 4.47. The number of ether oxygens (including phenoxy) is 1. The molecule has 0 saturated carbocycles. The molecule has 0 aromatic carbocycles. The van der Waals surface area contributed by atoms with Crippen LogP contribution in [0.2, 0.25) is 0 Å². The Balaban J connectivity index is 1.93. The largest absolute Gasteiger partial charge is 0.481 e. The summed E-state index contributed by atoms with van der Waals surface area (Å²) in [7, 11) is 0. The molecule has 0 spiro atoms. The summed E-state index contributed by atoms with van der Waals surface area (Å²) in [6, 6.07) is 3.24. The maximum atomic E-state index is 11.5. The molecule has 6 nitrogen and oxygen atoms in total. The Kier molecular flexibility index (Phi) is 4.34. The van der Waals surface area contributed by atoms with Crippen LogP contribution in [0.15, 0.2) is 30.5 Å². The summed E-state index contributed by atoms with van der Waals surface area (Å²) in [6.07, 6.45) is 5.43. The van der Waals surface area contributed by atoms with Gasteiger partial charge in [-0.1, -0.05) is 12.2 Å². The van der Waals surface area contributed by atoms with Gasteiger partial charge in [-0.25, -0.2) is 9.78 Å². The van der Waals surface area contributed by atoms with E-state index in [0.717, 1.165) is 0 Å². The number of pyridine rings is 1. The van der Waals surface area contributed by atoms with Gasteiger partial charge in [-0.15, -0.1) is 0 Å². The van der Waals surface area contributed by atoms with Crippen LogP contribution < -0.4 is 5.32 Å². The molecule has 1 aliphatic carbocycles. The molecule has 6 heteroatoms. The Labute approximate surface area is 116 Å². The molecule has 1 aromatic rings. The zero-order chi connectivity index (χ0) is 14.5. The highest BCUT2D eigenvalue weighted by molar-refractivity contribution is 5.89. The number of rotatable bonds is 5. The second kappa shape index (κ2) is 6.18. The number of carbonyl (C=O) groups excluding carboxylic acids is 1. The molecule has 0 fully saturated rings.